The van der Waals surface area contributed by atoms with E-state index in [2.05, 4.69) is 40.4 Å². The number of Topliss-reactive ketones (excluding diaryl/α,β-unsaturated/α-hetero) is 1. The molecule has 24 heavy (non-hydrogen) atoms. The average Bonchev–Trinajstić information content (AvgIpc) is 2.79. The van der Waals surface area contributed by atoms with E-state index in [1.165, 1.54) is 0 Å². The van der Waals surface area contributed by atoms with E-state index in [1.807, 2.05) is 26.8 Å². The zero-order chi connectivity index (χ0) is 18.7. The van der Waals surface area contributed by atoms with Crippen LogP contribution in [0, 0.1) is 23.2 Å². The Balaban J connectivity index is 2.51. The van der Waals surface area contributed by atoms with Crippen LogP contribution in [-0.4, -0.2) is 25.3 Å². The molecule has 0 unspecified atom stereocenters. The molecule has 2 aliphatic carbocycles. The van der Waals surface area contributed by atoms with Gasteiger partial charge in [-0.25, -0.2) is 0 Å². The third kappa shape index (κ3) is 2.82. The number of aliphatic hydroxyl groups is 1. The van der Waals surface area contributed by atoms with Crippen LogP contribution >= 0.6 is 0 Å². The molecular weight excluding hydrogens is 316 g/mol. The lowest BCUT2D eigenvalue weighted by molar-refractivity contribution is -0.130. The molecule has 2 bridgehead atoms. The Morgan fingerprint density at radius 1 is 1.33 bits per heavy atom. The summed E-state index contributed by atoms with van der Waals surface area (Å²) in [7, 11) is -1.97. The minimum absolute atomic E-state index is 0.00427. The number of aliphatic hydroxyl groups excluding tert-OH is 1. The predicted molar refractivity (Wildman–Crippen MR) is 101 cm³/mol. The van der Waals surface area contributed by atoms with Gasteiger partial charge >= 0.3 is 0 Å². The van der Waals surface area contributed by atoms with Crippen LogP contribution in [-0.2, 0) is 9.22 Å². The topological polar surface area (TPSA) is 46.5 Å². The molecule has 0 saturated heterocycles. The van der Waals surface area contributed by atoms with Crippen LogP contribution in [0.3, 0.4) is 0 Å². The van der Waals surface area contributed by atoms with Gasteiger partial charge in [-0.3, -0.25) is 4.79 Å². The van der Waals surface area contributed by atoms with Crippen LogP contribution in [0.2, 0.25) is 18.1 Å². The van der Waals surface area contributed by atoms with Crippen molar-refractivity contribution in [3.8, 4) is 0 Å². The second kappa shape index (κ2) is 5.84. The number of fused-ring (bicyclic) bond motifs is 2. The molecule has 2 rings (SSSR count). The largest absolute Gasteiger partial charge is 0.504 e. The molecule has 0 aromatic heterocycles. The minimum atomic E-state index is -1.97. The Hall–Kier alpha value is -0.873. The maximum absolute atomic E-state index is 12.8. The van der Waals surface area contributed by atoms with Crippen molar-refractivity contribution in [3.63, 3.8) is 0 Å². The lowest BCUT2D eigenvalue weighted by Gasteiger charge is -2.44. The number of ketones is 1. The normalized spacial score (nSPS) is 33.6. The van der Waals surface area contributed by atoms with Crippen LogP contribution in [0.25, 0.3) is 0 Å². The van der Waals surface area contributed by atoms with Crippen LogP contribution in [0.15, 0.2) is 24.0 Å². The lowest BCUT2D eigenvalue weighted by Crippen LogP contribution is -2.50. The van der Waals surface area contributed by atoms with Gasteiger partial charge in [-0.1, -0.05) is 40.7 Å². The second-order valence-electron chi connectivity index (χ2n) is 9.69. The summed E-state index contributed by atoms with van der Waals surface area (Å²) < 4.78 is 6.81. The molecule has 1 N–H and O–H groups in total. The maximum Gasteiger partial charge on any atom is 0.202 e. The highest BCUT2D eigenvalue weighted by Crippen LogP contribution is 2.55. The van der Waals surface area contributed by atoms with Gasteiger partial charge in [0.15, 0.2) is 14.1 Å². The van der Waals surface area contributed by atoms with E-state index in [9.17, 15) is 9.90 Å². The first-order chi connectivity index (χ1) is 10.8. The quantitative estimate of drug-likeness (QED) is 0.558. The Kier molecular flexibility index (Phi) is 4.73. The zero-order valence-electron chi connectivity index (χ0n) is 16.6. The molecule has 4 atom stereocenters. The summed E-state index contributed by atoms with van der Waals surface area (Å²) in [5.74, 6) is 0.224. The number of allylic oxidation sites excluding steroid dienone is 2. The van der Waals surface area contributed by atoms with Crippen molar-refractivity contribution < 1.29 is 14.3 Å². The van der Waals surface area contributed by atoms with Crippen molar-refractivity contribution in [2.24, 2.45) is 23.2 Å². The van der Waals surface area contributed by atoms with Crippen LogP contribution in [0.4, 0.5) is 0 Å². The molecule has 0 aromatic carbocycles. The summed E-state index contributed by atoms with van der Waals surface area (Å²) in [6.07, 6.45) is 2.85. The summed E-state index contributed by atoms with van der Waals surface area (Å²) in [5, 5.41) is 10.5. The number of carbonyl (C=O) groups excluding carboxylic acids is 1. The summed E-state index contributed by atoms with van der Waals surface area (Å²) in [6, 6.07) is 0. The summed E-state index contributed by atoms with van der Waals surface area (Å²) in [5.41, 5.74) is 0.187. The van der Waals surface area contributed by atoms with E-state index in [0.29, 0.717) is 0 Å². The first-order valence-corrected chi connectivity index (χ1v) is 11.9. The van der Waals surface area contributed by atoms with Crippen LogP contribution in [0.1, 0.15) is 48.0 Å². The van der Waals surface area contributed by atoms with Crippen LogP contribution < -0.4 is 0 Å². The molecule has 1 saturated carbocycles. The second-order valence-corrected chi connectivity index (χ2v) is 14.4. The molecule has 4 heteroatoms. The van der Waals surface area contributed by atoms with Gasteiger partial charge in [0.05, 0.1) is 6.10 Å². The first kappa shape index (κ1) is 19.5. The monoisotopic (exact) mass is 350 g/mol. The smallest absolute Gasteiger partial charge is 0.202 e. The van der Waals surface area contributed by atoms with Gasteiger partial charge < -0.3 is 9.53 Å². The summed E-state index contributed by atoms with van der Waals surface area (Å²) in [4.78, 5) is 12.8. The highest BCUT2D eigenvalue weighted by Gasteiger charge is 2.57. The molecule has 0 aliphatic heterocycles. The van der Waals surface area contributed by atoms with Crippen molar-refractivity contribution in [1.82, 2.24) is 0 Å². The van der Waals surface area contributed by atoms with Crippen molar-refractivity contribution in [2.45, 2.75) is 72.2 Å². The fourth-order valence-electron chi connectivity index (χ4n) is 4.04. The van der Waals surface area contributed by atoms with Gasteiger partial charge in [0.1, 0.15) is 0 Å². The highest BCUT2D eigenvalue weighted by atomic mass is 28.4. The molecule has 136 valence electrons. The Morgan fingerprint density at radius 2 is 1.88 bits per heavy atom. The standard InChI is InChI=1S/C20H34O3Si/c1-10-13-14-11-15(17(13)23-24(8,9)19(3,4)5)20(6,7)18(22)16(21)12(14)2/h10,13-15,17,21H,1,11H2,2-9H3/t13-,14+,15+,17+/m0/s1. The highest BCUT2D eigenvalue weighted by molar-refractivity contribution is 6.74. The number of rotatable bonds is 3. The molecule has 1 fully saturated rings. The van der Waals surface area contributed by atoms with Crippen molar-refractivity contribution in [1.29, 1.82) is 0 Å². The minimum Gasteiger partial charge on any atom is -0.504 e. The van der Waals surface area contributed by atoms with E-state index in [-0.39, 0.29) is 40.4 Å². The molecule has 0 aromatic rings. The molecule has 0 radical (unpaired) electrons. The number of hydrogen-bond donors (Lipinski definition) is 1. The fraction of sp³-hybridized carbons (Fsp3) is 0.750. The van der Waals surface area contributed by atoms with Crippen molar-refractivity contribution in [2.75, 3.05) is 0 Å². The Morgan fingerprint density at radius 3 is 2.33 bits per heavy atom. The molecule has 0 spiro atoms. The van der Waals surface area contributed by atoms with Gasteiger partial charge in [0.25, 0.3) is 0 Å². The lowest BCUT2D eigenvalue weighted by atomic mass is 9.72. The fourth-order valence-corrected chi connectivity index (χ4v) is 5.39. The van der Waals surface area contributed by atoms with Gasteiger partial charge in [-0.2, -0.15) is 0 Å². The average molecular weight is 351 g/mol. The van der Waals surface area contributed by atoms with E-state index in [4.69, 9.17) is 4.43 Å². The van der Waals surface area contributed by atoms with Crippen molar-refractivity contribution >= 4 is 14.1 Å². The van der Waals surface area contributed by atoms with Gasteiger partial charge in [-0.15, -0.1) is 6.58 Å². The molecule has 0 heterocycles. The maximum atomic E-state index is 12.8. The van der Waals surface area contributed by atoms with E-state index >= 15 is 0 Å². The van der Waals surface area contributed by atoms with E-state index < -0.39 is 13.7 Å². The van der Waals surface area contributed by atoms with Gasteiger partial charge in [0, 0.05) is 11.3 Å². The summed E-state index contributed by atoms with van der Waals surface area (Å²) in [6.45, 7) is 21.1. The zero-order valence-corrected chi connectivity index (χ0v) is 17.6. The molecule has 0 amide bonds. The first-order valence-electron chi connectivity index (χ1n) is 9.00. The SMILES string of the molecule is C=C[C@@H]1[C@@H](O[Si](C)(C)C(C)(C)C)[C@H]2C[C@@H]1C(C)=C(O)C(=O)C2(C)C. The number of hydrogen-bond acceptors (Lipinski definition) is 3. The molecule has 2 aliphatic rings. The van der Waals surface area contributed by atoms with Gasteiger partial charge in [-0.05, 0) is 48.9 Å². The Bertz CT molecular complexity index is 580. The van der Waals surface area contributed by atoms with E-state index in [1.54, 1.807) is 0 Å². The molecular formula is C20H34O3Si. The van der Waals surface area contributed by atoms with E-state index in [0.717, 1.165) is 12.0 Å². The van der Waals surface area contributed by atoms with Crippen LogP contribution in [0.5, 0.6) is 0 Å². The third-order valence-electron chi connectivity index (χ3n) is 6.91. The van der Waals surface area contributed by atoms with Crippen molar-refractivity contribution in [3.05, 3.63) is 24.0 Å². The molecule has 3 nitrogen and oxygen atoms in total. The summed E-state index contributed by atoms with van der Waals surface area (Å²) >= 11 is 0. The number of carbonyl (C=O) groups is 1. The Labute approximate surface area is 148 Å². The van der Waals surface area contributed by atoms with Gasteiger partial charge in [0.2, 0.25) is 5.78 Å². The predicted octanol–water partition coefficient (Wildman–Crippen LogP) is 5.26. The third-order valence-corrected chi connectivity index (χ3v) is 11.4.